The number of anilines is 1. The average molecular weight is 341 g/mol. The predicted octanol–water partition coefficient (Wildman–Crippen LogP) is 3.62. The Bertz CT molecular complexity index is 811. The Morgan fingerprint density at radius 1 is 1.00 bits per heavy atom. The molecular formula is C19H19NO5. The van der Waals surface area contributed by atoms with Gasteiger partial charge in [-0.25, -0.2) is 4.79 Å². The number of carbonyl (C=O) groups excluding carboxylic acids is 2. The Balaban J connectivity index is 1.70. The molecule has 0 saturated carbocycles. The van der Waals surface area contributed by atoms with Crippen molar-refractivity contribution < 1.29 is 23.8 Å². The summed E-state index contributed by atoms with van der Waals surface area (Å²) in [6, 6.07) is 11.5. The number of carbonyl (C=O) groups is 2. The number of hydrogen-bond donors (Lipinski definition) is 1. The lowest BCUT2D eigenvalue weighted by Gasteiger charge is -2.16. The Hall–Kier alpha value is -3.02. The van der Waals surface area contributed by atoms with Gasteiger partial charge in [-0.1, -0.05) is 0 Å². The largest absolute Gasteiger partial charge is 0.462 e. The van der Waals surface area contributed by atoms with E-state index in [1.165, 1.54) is 0 Å². The Morgan fingerprint density at radius 2 is 1.64 bits per heavy atom. The lowest BCUT2D eigenvalue weighted by molar-refractivity contribution is -0.0431. The van der Waals surface area contributed by atoms with Gasteiger partial charge in [-0.2, -0.15) is 0 Å². The molecule has 1 aliphatic rings. The highest BCUT2D eigenvalue weighted by Gasteiger charge is 2.32. The van der Waals surface area contributed by atoms with Crippen molar-refractivity contribution in [2.45, 2.75) is 26.6 Å². The number of fused-ring (bicyclic) bond motifs is 1. The molecule has 0 fully saturated rings. The van der Waals surface area contributed by atoms with Crippen molar-refractivity contribution >= 4 is 17.6 Å². The summed E-state index contributed by atoms with van der Waals surface area (Å²) in [6.07, 6.45) is 0. The van der Waals surface area contributed by atoms with Crippen LogP contribution in [0.15, 0.2) is 42.5 Å². The van der Waals surface area contributed by atoms with E-state index in [0.29, 0.717) is 34.9 Å². The molecule has 6 heteroatoms. The van der Waals surface area contributed by atoms with Crippen LogP contribution in [-0.4, -0.2) is 24.3 Å². The van der Waals surface area contributed by atoms with Gasteiger partial charge in [0.1, 0.15) is 0 Å². The standard InChI is InChI=1S/C19H19NO5/c1-4-23-18(22)12-5-8-14(9-6-12)20-17(21)13-7-10-15-16(11-13)25-19(2,3)24-15/h5-11H,4H2,1-3H3,(H,20,21). The molecule has 1 N–H and O–H groups in total. The molecule has 0 bridgehead atoms. The van der Waals surface area contributed by atoms with Crippen molar-refractivity contribution in [2.75, 3.05) is 11.9 Å². The number of esters is 1. The minimum Gasteiger partial charge on any atom is -0.462 e. The minimum absolute atomic E-state index is 0.278. The van der Waals surface area contributed by atoms with Crippen molar-refractivity contribution in [2.24, 2.45) is 0 Å². The average Bonchev–Trinajstić information content (AvgIpc) is 2.88. The van der Waals surface area contributed by atoms with Crippen LogP contribution in [0.4, 0.5) is 5.69 Å². The molecule has 130 valence electrons. The third-order valence-corrected chi connectivity index (χ3v) is 3.57. The smallest absolute Gasteiger partial charge is 0.338 e. The van der Waals surface area contributed by atoms with Crippen LogP contribution in [-0.2, 0) is 4.74 Å². The summed E-state index contributed by atoms with van der Waals surface area (Å²) >= 11 is 0. The summed E-state index contributed by atoms with van der Waals surface area (Å²) in [5.74, 6) is -0.255. The molecule has 3 rings (SSSR count). The molecule has 0 aliphatic carbocycles. The van der Waals surface area contributed by atoms with E-state index in [1.807, 2.05) is 0 Å². The van der Waals surface area contributed by atoms with Gasteiger partial charge in [0.25, 0.3) is 5.91 Å². The van der Waals surface area contributed by atoms with E-state index in [4.69, 9.17) is 14.2 Å². The van der Waals surface area contributed by atoms with Gasteiger partial charge in [-0.3, -0.25) is 4.79 Å². The van der Waals surface area contributed by atoms with Gasteiger partial charge < -0.3 is 19.5 Å². The van der Waals surface area contributed by atoms with Gasteiger partial charge in [0.05, 0.1) is 12.2 Å². The van der Waals surface area contributed by atoms with E-state index in [9.17, 15) is 9.59 Å². The fraction of sp³-hybridized carbons (Fsp3) is 0.263. The molecule has 25 heavy (non-hydrogen) atoms. The maximum absolute atomic E-state index is 12.4. The molecule has 0 saturated heterocycles. The molecule has 6 nitrogen and oxygen atoms in total. The van der Waals surface area contributed by atoms with E-state index in [1.54, 1.807) is 63.2 Å². The molecule has 1 amide bonds. The molecular weight excluding hydrogens is 322 g/mol. The molecule has 0 radical (unpaired) electrons. The first-order valence-electron chi connectivity index (χ1n) is 7.98. The van der Waals surface area contributed by atoms with Gasteiger partial charge in [0.2, 0.25) is 5.79 Å². The zero-order valence-electron chi connectivity index (χ0n) is 14.3. The number of ether oxygens (including phenoxy) is 3. The number of rotatable bonds is 4. The second-order valence-corrected chi connectivity index (χ2v) is 6.02. The fourth-order valence-corrected chi connectivity index (χ4v) is 2.47. The Labute approximate surface area is 145 Å². The summed E-state index contributed by atoms with van der Waals surface area (Å²) in [5, 5.41) is 2.78. The van der Waals surface area contributed by atoms with Gasteiger partial charge >= 0.3 is 5.97 Å². The van der Waals surface area contributed by atoms with E-state index in [0.717, 1.165) is 0 Å². The molecule has 1 heterocycles. The highest BCUT2D eigenvalue weighted by molar-refractivity contribution is 6.05. The van der Waals surface area contributed by atoms with Crippen molar-refractivity contribution in [3.63, 3.8) is 0 Å². The van der Waals surface area contributed by atoms with Crippen LogP contribution < -0.4 is 14.8 Å². The van der Waals surface area contributed by atoms with Crippen molar-refractivity contribution in [3.05, 3.63) is 53.6 Å². The summed E-state index contributed by atoms with van der Waals surface area (Å²) in [4.78, 5) is 24.0. The molecule has 2 aromatic carbocycles. The number of benzene rings is 2. The molecule has 0 aromatic heterocycles. The summed E-state index contributed by atoms with van der Waals surface area (Å²) in [6.45, 7) is 5.67. The van der Waals surface area contributed by atoms with E-state index in [-0.39, 0.29) is 5.91 Å². The van der Waals surface area contributed by atoms with E-state index >= 15 is 0 Å². The summed E-state index contributed by atoms with van der Waals surface area (Å²) < 4.78 is 16.2. The van der Waals surface area contributed by atoms with Gasteiger partial charge in [-0.15, -0.1) is 0 Å². The minimum atomic E-state index is -0.736. The second-order valence-electron chi connectivity index (χ2n) is 6.02. The zero-order valence-corrected chi connectivity index (χ0v) is 14.3. The highest BCUT2D eigenvalue weighted by Crippen LogP contribution is 2.39. The maximum atomic E-state index is 12.4. The second kappa shape index (κ2) is 6.47. The monoisotopic (exact) mass is 341 g/mol. The first kappa shape index (κ1) is 16.8. The van der Waals surface area contributed by atoms with Crippen LogP contribution >= 0.6 is 0 Å². The Morgan fingerprint density at radius 3 is 2.32 bits per heavy atom. The van der Waals surface area contributed by atoms with Crippen LogP contribution in [0.1, 0.15) is 41.5 Å². The summed E-state index contributed by atoms with van der Waals surface area (Å²) in [5.41, 5.74) is 1.47. The van der Waals surface area contributed by atoms with Crippen LogP contribution in [0.25, 0.3) is 0 Å². The zero-order chi connectivity index (χ0) is 18.0. The van der Waals surface area contributed by atoms with Gasteiger partial charge in [-0.05, 0) is 49.4 Å². The molecule has 2 aromatic rings. The number of nitrogens with one attached hydrogen (secondary N) is 1. The molecule has 1 aliphatic heterocycles. The van der Waals surface area contributed by atoms with Crippen LogP contribution in [0.2, 0.25) is 0 Å². The lowest BCUT2D eigenvalue weighted by Crippen LogP contribution is -2.29. The number of hydrogen-bond acceptors (Lipinski definition) is 5. The maximum Gasteiger partial charge on any atom is 0.338 e. The lowest BCUT2D eigenvalue weighted by atomic mass is 10.1. The molecule has 0 atom stereocenters. The SMILES string of the molecule is CCOC(=O)c1ccc(NC(=O)c2ccc3c(c2)OC(C)(C)O3)cc1. The van der Waals surface area contributed by atoms with Crippen molar-refractivity contribution in [3.8, 4) is 11.5 Å². The molecule has 0 unspecified atom stereocenters. The first-order valence-corrected chi connectivity index (χ1v) is 7.98. The summed E-state index contributed by atoms with van der Waals surface area (Å²) in [7, 11) is 0. The quantitative estimate of drug-likeness (QED) is 0.860. The van der Waals surface area contributed by atoms with Crippen LogP contribution in [0, 0.1) is 0 Å². The van der Waals surface area contributed by atoms with E-state index < -0.39 is 11.8 Å². The van der Waals surface area contributed by atoms with E-state index in [2.05, 4.69) is 5.32 Å². The third kappa shape index (κ3) is 3.74. The third-order valence-electron chi connectivity index (χ3n) is 3.57. The van der Waals surface area contributed by atoms with Gasteiger partial charge in [0, 0.05) is 25.1 Å². The van der Waals surface area contributed by atoms with Crippen LogP contribution in [0.5, 0.6) is 11.5 Å². The van der Waals surface area contributed by atoms with Crippen LogP contribution in [0.3, 0.4) is 0 Å². The van der Waals surface area contributed by atoms with Crippen molar-refractivity contribution in [1.29, 1.82) is 0 Å². The molecule has 0 spiro atoms. The highest BCUT2D eigenvalue weighted by atomic mass is 16.7. The van der Waals surface area contributed by atoms with Crippen molar-refractivity contribution in [1.82, 2.24) is 0 Å². The fourth-order valence-electron chi connectivity index (χ4n) is 2.47. The first-order chi connectivity index (χ1) is 11.9. The normalized spacial score (nSPS) is 14.0. The number of amides is 1. The van der Waals surface area contributed by atoms with Gasteiger partial charge in [0.15, 0.2) is 11.5 Å². The predicted molar refractivity (Wildman–Crippen MR) is 92.1 cm³/mol. The Kier molecular flexibility index (Phi) is 4.35. The topological polar surface area (TPSA) is 73.9 Å².